The van der Waals surface area contributed by atoms with Gasteiger partial charge in [-0.3, -0.25) is 0 Å². The van der Waals surface area contributed by atoms with Crippen LogP contribution in [0.1, 0.15) is 12.8 Å². The summed E-state index contributed by atoms with van der Waals surface area (Å²) in [6.45, 7) is 0.501. The number of nitrogens with two attached hydrogens (primary N) is 1. The summed E-state index contributed by atoms with van der Waals surface area (Å²) in [5, 5.41) is 7.91. The smallest absolute Gasteiger partial charge is 0.322 e. The van der Waals surface area contributed by atoms with Gasteiger partial charge in [0.15, 0.2) is 11.5 Å². The third kappa shape index (κ3) is 5.14. The molecule has 9 heteroatoms. The van der Waals surface area contributed by atoms with Crippen LogP contribution in [0.15, 0.2) is 48.5 Å². The van der Waals surface area contributed by atoms with Crippen molar-refractivity contribution in [2.24, 2.45) is 5.14 Å². The predicted octanol–water partition coefficient (Wildman–Crippen LogP) is 2.77. The first-order chi connectivity index (χ1) is 13.4. The first-order valence-electron chi connectivity index (χ1n) is 8.85. The number of anilines is 1. The number of para-hydroxylation sites is 2. The molecule has 0 bridgehead atoms. The molecule has 2 aromatic rings. The Balaban J connectivity index is 1.63. The van der Waals surface area contributed by atoms with Crippen LogP contribution in [0.2, 0.25) is 0 Å². The molecule has 0 aromatic heterocycles. The van der Waals surface area contributed by atoms with Crippen LogP contribution in [0.25, 0.3) is 0 Å². The van der Waals surface area contributed by atoms with Crippen molar-refractivity contribution >= 4 is 21.7 Å². The lowest BCUT2D eigenvalue weighted by Crippen LogP contribution is -2.43. The number of sulfonamides is 1. The zero-order valence-corrected chi connectivity index (χ0v) is 16.3. The summed E-state index contributed by atoms with van der Waals surface area (Å²) in [6, 6.07) is 13.5. The van der Waals surface area contributed by atoms with Crippen LogP contribution in [0.5, 0.6) is 17.2 Å². The first-order valence-corrected chi connectivity index (χ1v) is 10.6. The molecule has 8 nitrogen and oxygen atoms in total. The number of likely N-dealkylation sites (tertiary alicyclic amines) is 1. The first kappa shape index (κ1) is 20.0. The van der Waals surface area contributed by atoms with Gasteiger partial charge in [-0.25, -0.2) is 18.4 Å². The molecule has 0 spiro atoms. The molecule has 0 aliphatic carbocycles. The predicted molar refractivity (Wildman–Crippen MR) is 106 cm³/mol. The summed E-state index contributed by atoms with van der Waals surface area (Å²) in [4.78, 5) is 14.0. The summed E-state index contributed by atoms with van der Waals surface area (Å²) in [7, 11) is -2.06. The second-order valence-corrected chi connectivity index (χ2v) is 8.19. The Hall–Kier alpha value is -2.78. The van der Waals surface area contributed by atoms with Gasteiger partial charge in [-0.1, -0.05) is 12.1 Å². The molecule has 1 saturated heterocycles. The van der Waals surface area contributed by atoms with E-state index in [4.69, 9.17) is 14.6 Å². The zero-order chi connectivity index (χ0) is 20.1. The normalized spacial score (nSPS) is 16.6. The lowest BCUT2D eigenvalue weighted by Gasteiger charge is -2.24. The molecule has 2 aromatic carbocycles. The number of carbonyl (C=O) groups excluding carboxylic acids is 1. The SMILES string of the molecule is COc1ccccc1Oc1ccc(NC(=O)N2CCC[C@H]2CS(N)(=O)=O)cc1. The van der Waals surface area contributed by atoms with E-state index < -0.39 is 16.1 Å². The third-order valence-corrected chi connectivity index (χ3v) is 5.31. The van der Waals surface area contributed by atoms with E-state index in [9.17, 15) is 13.2 Å². The van der Waals surface area contributed by atoms with Crippen LogP contribution in [0.4, 0.5) is 10.5 Å². The number of nitrogens with one attached hydrogen (secondary N) is 1. The van der Waals surface area contributed by atoms with Gasteiger partial charge in [0.1, 0.15) is 5.75 Å². The minimum atomic E-state index is -3.64. The van der Waals surface area contributed by atoms with Crippen LogP contribution < -0.4 is 19.9 Å². The van der Waals surface area contributed by atoms with Crippen LogP contribution in [-0.4, -0.2) is 44.8 Å². The number of carbonyl (C=O) groups is 1. The average molecular weight is 405 g/mol. The van der Waals surface area contributed by atoms with Crippen LogP contribution in [0.3, 0.4) is 0 Å². The Morgan fingerprint density at radius 3 is 2.50 bits per heavy atom. The lowest BCUT2D eigenvalue weighted by molar-refractivity contribution is 0.210. The van der Waals surface area contributed by atoms with Gasteiger partial charge in [-0.15, -0.1) is 0 Å². The van der Waals surface area contributed by atoms with E-state index in [0.717, 1.165) is 6.42 Å². The number of nitrogens with zero attached hydrogens (tertiary/aromatic N) is 1. The van der Waals surface area contributed by atoms with E-state index in [1.54, 1.807) is 43.5 Å². The van der Waals surface area contributed by atoms with Gasteiger partial charge in [0.05, 0.1) is 12.9 Å². The summed E-state index contributed by atoms with van der Waals surface area (Å²) in [5.41, 5.74) is 0.582. The summed E-state index contributed by atoms with van der Waals surface area (Å²) in [5.74, 6) is 1.57. The maximum atomic E-state index is 12.5. The van der Waals surface area contributed by atoms with Gasteiger partial charge in [-0.2, -0.15) is 0 Å². The second kappa shape index (κ2) is 8.49. The number of ether oxygens (including phenoxy) is 2. The fourth-order valence-electron chi connectivity index (χ4n) is 3.18. The maximum Gasteiger partial charge on any atom is 0.322 e. The summed E-state index contributed by atoms with van der Waals surface area (Å²) < 4.78 is 33.7. The van der Waals surface area contributed by atoms with Gasteiger partial charge in [0, 0.05) is 18.3 Å². The minimum absolute atomic E-state index is 0.230. The Labute approximate surface area is 164 Å². The van der Waals surface area contributed by atoms with Crippen molar-refractivity contribution in [1.29, 1.82) is 0 Å². The highest BCUT2D eigenvalue weighted by Crippen LogP contribution is 2.31. The Morgan fingerprint density at radius 1 is 1.18 bits per heavy atom. The van der Waals surface area contributed by atoms with Crippen LogP contribution >= 0.6 is 0 Å². The molecule has 0 unspecified atom stereocenters. The molecule has 1 atom stereocenters. The molecular weight excluding hydrogens is 382 g/mol. The zero-order valence-electron chi connectivity index (χ0n) is 15.5. The van der Waals surface area contributed by atoms with E-state index in [0.29, 0.717) is 35.9 Å². The monoisotopic (exact) mass is 405 g/mol. The molecule has 3 rings (SSSR count). The molecule has 28 heavy (non-hydrogen) atoms. The fraction of sp³-hybridized carbons (Fsp3) is 0.316. The molecule has 1 heterocycles. The number of hydrogen-bond acceptors (Lipinski definition) is 5. The van der Waals surface area contributed by atoms with Crippen LogP contribution in [0, 0.1) is 0 Å². The van der Waals surface area contributed by atoms with Crippen molar-refractivity contribution in [3.8, 4) is 17.2 Å². The number of amides is 2. The van der Waals surface area contributed by atoms with Gasteiger partial charge in [0.25, 0.3) is 0 Å². The Kier molecular flexibility index (Phi) is 6.05. The molecular formula is C19H23N3O5S. The van der Waals surface area contributed by atoms with Gasteiger partial charge in [-0.05, 0) is 49.2 Å². The number of urea groups is 1. The number of hydrogen-bond donors (Lipinski definition) is 2. The molecule has 2 amide bonds. The average Bonchev–Trinajstić information content (AvgIpc) is 3.10. The van der Waals surface area contributed by atoms with Crippen molar-refractivity contribution in [1.82, 2.24) is 4.90 Å². The highest BCUT2D eigenvalue weighted by Gasteiger charge is 2.31. The topological polar surface area (TPSA) is 111 Å². The molecule has 1 aliphatic rings. The molecule has 3 N–H and O–H groups in total. The van der Waals surface area contributed by atoms with Gasteiger partial charge in [0.2, 0.25) is 10.0 Å². The van der Waals surface area contributed by atoms with E-state index >= 15 is 0 Å². The number of rotatable bonds is 6. The van der Waals surface area contributed by atoms with Gasteiger partial charge < -0.3 is 19.7 Å². The largest absolute Gasteiger partial charge is 0.493 e. The number of methoxy groups -OCH3 is 1. The van der Waals surface area contributed by atoms with Gasteiger partial charge >= 0.3 is 6.03 Å². The second-order valence-electron chi connectivity index (χ2n) is 6.53. The van der Waals surface area contributed by atoms with Crippen molar-refractivity contribution in [2.75, 3.05) is 24.7 Å². The minimum Gasteiger partial charge on any atom is -0.493 e. The van der Waals surface area contributed by atoms with E-state index in [2.05, 4.69) is 5.32 Å². The van der Waals surface area contributed by atoms with E-state index in [-0.39, 0.29) is 11.8 Å². The number of benzene rings is 2. The number of primary sulfonamides is 1. The molecule has 0 saturated carbocycles. The highest BCUT2D eigenvalue weighted by atomic mass is 32.2. The Morgan fingerprint density at radius 2 is 1.86 bits per heavy atom. The van der Waals surface area contributed by atoms with Crippen molar-refractivity contribution in [2.45, 2.75) is 18.9 Å². The van der Waals surface area contributed by atoms with E-state index in [1.165, 1.54) is 4.90 Å². The quantitative estimate of drug-likeness (QED) is 0.768. The van der Waals surface area contributed by atoms with Crippen molar-refractivity contribution in [3.63, 3.8) is 0 Å². The van der Waals surface area contributed by atoms with Crippen LogP contribution in [-0.2, 0) is 10.0 Å². The lowest BCUT2D eigenvalue weighted by atomic mass is 10.2. The molecule has 1 aliphatic heterocycles. The molecule has 1 fully saturated rings. The maximum absolute atomic E-state index is 12.5. The molecule has 150 valence electrons. The summed E-state index contributed by atoms with van der Waals surface area (Å²) in [6.07, 6.45) is 1.37. The highest BCUT2D eigenvalue weighted by molar-refractivity contribution is 7.89. The standard InChI is InChI=1S/C19H23N3O5S/c1-26-17-6-2-3-7-18(17)27-16-10-8-14(9-11-16)21-19(23)22-12-4-5-15(22)13-28(20,24)25/h2-3,6-11,15H,4-5,12-13H2,1H3,(H,21,23)(H2,20,24,25)/t15-/m0/s1. The summed E-state index contributed by atoms with van der Waals surface area (Å²) >= 11 is 0. The van der Waals surface area contributed by atoms with E-state index in [1.807, 2.05) is 12.1 Å². The fourth-order valence-corrected chi connectivity index (χ4v) is 4.06. The van der Waals surface area contributed by atoms with Crippen molar-refractivity contribution in [3.05, 3.63) is 48.5 Å². The Bertz CT molecular complexity index is 931. The third-order valence-electron chi connectivity index (χ3n) is 4.47. The van der Waals surface area contributed by atoms with Crippen molar-refractivity contribution < 1.29 is 22.7 Å². The molecule has 0 radical (unpaired) electrons.